The first-order valence-electron chi connectivity index (χ1n) is 10.7. The standard InChI is InChI=1S/C22H35N3O2/c26-17-20(16-19-10-4-1-5-11-19)24-21(27)23-18-22(12-6-2-7-13-22)25-14-8-3-9-15-25/h1,4-5,10-11,20,26H,2-3,6-9,12-18H2,(H2,23,24,27)/t20-/m1/s1. The minimum absolute atomic E-state index is 0.0560. The summed E-state index contributed by atoms with van der Waals surface area (Å²) in [5.74, 6) is 0. The van der Waals surface area contributed by atoms with Crippen LogP contribution >= 0.6 is 0 Å². The number of urea groups is 1. The monoisotopic (exact) mass is 373 g/mol. The summed E-state index contributed by atoms with van der Waals surface area (Å²) in [6.45, 7) is 2.98. The molecular weight excluding hydrogens is 338 g/mol. The van der Waals surface area contributed by atoms with E-state index in [1.54, 1.807) is 0 Å². The first-order chi connectivity index (χ1) is 13.2. The molecule has 2 fully saturated rings. The lowest BCUT2D eigenvalue weighted by Gasteiger charge is -2.48. The van der Waals surface area contributed by atoms with E-state index < -0.39 is 0 Å². The number of carbonyl (C=O) groups is 1. The van der Waals surface area contributed by atoms with Crippen LogP contribution in [0.1, 0.15) is 56.9 Å². The molecule has 5 nitrogen and oxygen atoms in total. The zero-order valence-corrected chi connectivity index (χ0v) is 16.5. The molecule has 0 unspecified atom stereocenters. The zero-order chi connectivity index (χ0) is 19.0. The van der Waals surface area contributed by atoms with Crippen LogP contribution in [0.4, 0.5) is 4.79 Å². The Hall–Kier alpha value is -1.59. The summed E-state index contributed by atoms with van der Waals surface area (Å²) >= 11 is 0. The number of aliphatic hydroxyl groups is 1. The van der Waals surface area contributed by atoms with Gasteiger partial charge < -0.3 is 15.7 Å². The van der Waals surface area contributed by atoms with Gasteiger partial charge in [0.15, 0.2) is 0 Å². The minimum atomic E-state index is -0.260. The SMILES string of the molecule is O=C(NCC1(N2CCCCC2)CCCCC1)N[C@@H](CO)Cc1ccccc1. The summed E-state index contributed by atoms with van der Waals surface area (Å²) in [6.07, 6.45) is 10.7. The number of hydrogen-bond acceptors (Lipinski definition) is 3. The number of amides is 2. The Kier molecular flexibility index (Phi) is 7.53. The molecule has 1 heterocycles. The fourth-order valence-corrected chi connectivity index (χ4v) is 4.72. The molecule has 1 aromatic rings. The lowest BCUT2D eigenvalue weighted by Crippen LogP contribution is -2.59. The number of nitrogens with zero attached hydrogens (tertiary/aromatic N) is 1. The fraction of sp³-hybridized carbons (Fsp3) is 0.682. The number of hydrogen-bond donors (Lipinski definition) is 3. The number of aliphatic hydroxyl groups excluding tert-OH is 1. The van der Waals surface area contributed by atoms with Gasteiger partial charge in [-0.1, -0.05) is 56.0 Å². The number of carbonyl (C=O) groups excluding carboxylic acids is 1. The third-order valence-corrected chi connectivity index (χ3v) is 6.27. The Morgan fingerprint density at radius 1 is 1.04 bits per heavy atom. The van der Waals surface area contributed by atoms with E-state index in [2.05, 4.69) is 15.5 Å². The fourth-order valence-electron chi connectivity index (χ4n) is 4.72. The molecule has 2 amide bonds. The normalized spacial score (nSPS) is 21.4. The smallest absolute Gasteiger partial charge is 0.315 e. The van der Waals surface area contributed by atoms with E-state index in [1.165, 1.54) is 51.4 Å². The van der Waals surface area contributed by atoms with Crippen LogP contribution in [0.2, 0.25) is 0 Å². The van der Waals surface area contributed by atoms with Gasteiger partial charge in [-0.2, -0.15) is 0 Å². The number of likely N-dealkylation sites (tertiary alicyclic amines) is 1. The largest absolute Gasteiger partial charge is 0.394 e. The maximum Gasteiger partial charge on any atom is 0.315 e. The number of piperidine rings is 1. The molecule has 5 heteroatoms. The molecule has 1 saturated heterocycles. The highest BCUT2D eigenvalue weighted by atomic mass is 16.3. The maximum atomic E-state index is 12.5. The molecule has 1 aliphatic carbocycles. The second kappa shape index (κ2) is 10.1. The van der Waals surface area contributed by atoms with Gasteiger partial charge in [-0.25, -0.2) is 4.79 Å². The van der Waals surface area contributed by atoms with Gasteiger partial charge in [0.25, 0.3) is 0 Å². The number of nitrogens with one attached hydrogen (secondary N) is 2. The first kappa shape index (κ1) is 20.2. The molecule has 1 aromatic carbocycles. The van der Waals surface area contributed by atoms with Gasteiger partial charge in [-0.3, -0.25) is 4.90 Å². The first-order valence-corrected chi connectivity index (χ1v) is 10.7. The van der Waals surface area contributed by atoms with Gasteiger partial charge in [0.05, 0.1) is 12.6 Å². The Morgan fingerprint density at radius 2 is 1.70 bits per heavy atom. The second-order valence-electron chi connectivity index (χ2n) is 8.23. The highest BCUT2D eigenvalue weighted by Gasteiger charge is 2.38. The third kappa shape index (κ3) is 5.69. The van der Waals surface area contributed by atoms with E-state index in [0.717, 1.165) is 18.7 Å². The summed E-state index contributed by atoms with van der Waals surface area (Å²) in [6, 6.07) is 9.56. The molecule has 27 heavy (non-hydrogen) atoms. The highest BCUT2D eigenvalue weighted by molar-refractivity contribution is 5.74. The highest BCUT2D eigenvalue weighted by Crippen LogP contribution is 2.35. The molecule has 0 spiro atoms. The van der Waals surface area contributed by atoms with E-state index in [-0.39, 0.29) is 24.2 Å². The molecule has 1 saturated carbocycles. The van der Waals surface area contributed by atoms with Crippen molar-refractivity contribution in [2.75, 3.05) is 26.2 Å². The van der Waals surface area contributed by atoms with E-state index in [9.17, 15) is 9.90 Å². The van der Waals surface area contributed by atoms with E-state index in [0.29, 0.717) is 13.0 Å². The van der Waals surface area contributed by atoms with E-state index in [4.69, 9.17) is 0 Å². The summed E-state index contributed by atoms with van der Waals surface area (Å²) in [5.41, 5.74) is 1.25. The third-order valence-electron chi connectivity index (χ3n) is 6.27. The summed E-state index contributed by atoms with van der Waals surface area (Å²) in [7, 11) is 0. The summed E-state index contributed by atoms with van der Waals surface area (Å²) in [5, 5.41) is 15.8. The van der Waals surface area contributed by atoms with Crippen molar-refractivity contribution in [3.05, 3.63) is 35.9 Å². The Bertz CT molecular complexity index is 566. The molecule has 0 aromatic heterocycles. The van der Waals surface area contributed by atoms with Crippen LogP contribution in [0, 0.1) is 0 Å². The van der Waals surface area contributed by atoms with Crippen LogP contribution in [0.3, 0.4) is 0 Å². The van der Waals surface area contributed by atoms with Crippen molar-refractivity contribution in [1.82, 2.24) is 15.5 Å². The van der Waals surface area contributed by atoms with Gasteiger partial charge in [-0.05, 0) is 50.8 Å². The lowest BCUT2D eigenvalue weighted by atomic mass is 9.79. The van der Waals surface area contributed by atoms with E-state index >= 15 is 0 Å². The number of rotatable bonds is 7. The minimum Gasteiger partial charge on any atom is -0.394 e. The van der Waals surface area contributed by atoms with Crippen molar-refractivity contribution in [2.24, 2.45) is 0 Å². The van der Waals surface area contributed by atoms with Gasteiger partial charge >= 0.3 is 6.03 Å². The average Bonchev–Trinajstić information content (AvgIpc) is 2.74. The van der Waals surface area contributed by atoms with Crippen LogP contribution in [0.25, 0.3) is 0 Å². The van der Waals surface area contributed by atoms with Crippen LogP contribution in [-0.2, 0) is 6.42 Å². The Labute approximate surface area is 163 Å². The summed E-state index contributed by atoms with van der Waals surface area (Å²) < 4.78 is 0. The molecule has 1 atom stereocenters. The summed E-state index contributed by atoms with van der Waals surface area (Å²) in [4.78, 5) is 15.2. The van der Waals surface area contributed by atoms with Gasteiger partial charge in [0.2, 0.25) is 0 Å². The van der Waals surface area contributed by atoms with Crippen molar-refractivity contribution in [2.45, 2.75) is 69.4 Å². The van der Waals surface area contributed by atoms with Crippen molar-refractivity contribution in [3.63, 3.8) is 0 Å². The van der Waals surface area contributed by atoms with Crippen molar-refractivity contribution < 1.29 is 9.90 Å². The number of benzene rings is 1. The lowest BCUT2D eigenvalue weighted by molar-refractivity contribution is 0.0353. The van der Waals surface area contributed by atoms with Crippen LogP contribution in [0.15, 0.2) is 30.3 Å². The molecule has 3 N–H and O–H groups in total. The van der Waals surface area contributed by atoms with Crippen LogP contribution in [0.5, 0.6) is 0 Å². The Morgan fingerprint density at radius 3 is 2.37 bits per heavy atom. The second-order valence-corrected chi connectivity index (χ2v) is 8.23. The van der Waals surface area contributed by atoms with E-state index in [1.807, 2.05) is 30.3 Å². The molecule has 0 bridgehead atoms. The van der Waals surface area contributed by atoms with Crippen molar-refractivity contribution in [3.8, 4) is 0 Å². The van der Waals surface area contributed by atoms with Crippen LogP contribution in [-0.4, -0.2) is 53.9 Å². The Balaban J connectivity index is 1.53. The predicted octanol–water partition coefficient (Wildman–Crippen LogP) is 3.08. The van der Waals surface area contributed by atoms with Crippen LogP contribution < -0.4 is 10.6 Å². The topological polar surface area (TPSA) is 64.6 Å². The molecular formula is C22H35N3O2. The molecule has 3 rings (SSSR count). The zero-order valence-electron chi connectivity index (χ0n) is 16.5. The quantitative estimate of drug-likeness (QED) is 0.688. The van der Waals surface area contributed by atoms with Crippen molar-refractivity contribution in [1.29, 1.82) is 0 Å². The van der Waals surface area contributed by atoms with Gasteiger partial charge in [-0.15, -0.1) is 0 Å². The average molecular weight is 374 g/mol. The van der Waals surface area contributed by atoms with Crippen molar-refractivity contribution >= 4 is 6.03 Å². The molecule has 2 aliphatic rings. The maximum absolute atomic E-state index is 12.5. The van der Waals surface area contributed by atoms with Gasteiger partial charge in [0, 0.05) is 12.1 Å². The molecule has 150 valence electrons. The molecule has 0 radical (unpaired) electrons. The molecule has 1 aliphatic heterocycles. The predicted molar refractivity (Wildman–Crippen MR) is 109 cm³/mol. The van der Waals surface area contributed by atoms with Gasteiger partial charge in [0.1, 0.15) is 0 Å².